The molecule has 0 fully saturated rings. The van der Waals surface area contributed by atoms with E-state index in [2.05, 4.69) is 4.72 Å². The number of carbonyl (C=O) groups excluding carboxylic acids is 1. The third-order valence-corrected chi connectivity index (χ3v) is 4.53. The van der Waals surface area contributed by atoms with Gasteiger partial charge < -0.3 is 11.5 Å². The van der Waals surface area contributed by atoms with Gasteiger partial charge >= 0.3 is 0 Å². The van der Waals surface area contributed by atoms with Crippen molar-refractivity contribution >= 4 is 38.9 Å². The number of nitrogen functional groups attached to an aromatic ring is 1. The van der Waals surface area contributed by atoms with Crippen molar-refractivity contribution in [2.24, 2.45) is 5.73 Å². The largest absolute Gasteiger partial charge is 0.399 e. The van der Waals surface area contributed by atoms with Gasteiger partial charge in [-0.05, 0) is 30.3 Å². The number of carbonyl (C=O) groups is 1. The summed E-state index contributed by atoms with van der Waals surface area (Å²) in [7, 11) is -3.99. The topological polar surface area (TPSA) is 115 Å². The van der Waals surface area contributed by atoms with E-state index >= 15 is 0 Å². The number of amides is 1. The molecule has 0 saturated carbocycles. The lowest BCUT2D eigenvalue weighted by Gasteiger charge is -2.12. The number of hydrogen-bond donors (Lipinski definition) is 3. The Kier molecular flexibility index (Phi) is 4.06. The first kappa shape index (κ1) is 15.1. The number of sulfonamides is 1. The molecule has 0 aromatic heterocycles. The molecule has 0 unspecified atom stereocenters. The van der Waals surface area contributed by atoms with Gasteiger partial charge in [0.1, 0.15) is 4.90 Å². The average Bonchev–Trinajstić information content (AvgIpc) is 2.41. The minimum Gasteiger partial charge on any atom is -0.399 e. The molecule has 0 heterocycles. The first-order valence-electron chi connectivity index (χ1n) is 5.78. The van der Waals surface area contributed by atoms with Crippen LogP contribution in [-0.2, 0) is 10.0 Å². The smallest absolute Gasteiger partial charge is 0.263 e. The molecule has 1 amide bonds. The summed E-state index contributed by atoms with van der Waals surface area (Å²) in [5, 5.41) is 0.0215. The molecular weight excluding hydrogens is 314 g/mol. The molecule has 0 radical (unpaired) electrons. The Morgan fingerprint density at radius 2 is 1.81 bits per heavy atom. The van der Waals surface area contributed by atoms with Gasteiger partial charge in [0.2, 0.25) is 0 Å². The molecule has 0 aliphatic rings. The van der Waals surface area contributed by atoms with Crippen LogP contribution in [0.15, 0.2) is 47.4 Å². The predicted octanol–water partition coefficient (Wildman–Crippen LogP) is 1.82. The Bertz CT molecular complexity index is 806. The molecular formula is C13H12ClN3O3S. The van der Waals surface area contributed by atoms with Gasteiger partial charge in [0.15, 0.2) is 0 Å². The van der Waals surface area contributed by atoms with Crippen LogP contribution in [0.25, 0.3) is 0 Å². The second kappa shape index (κ2) is 5.63. The van der Waals surface area contributed by atoms with Crippen LogP contribution in [0.5, 0.6) is 0 Å². The van der Waals surface area contributed by atoms with Crippen molar-refractivity contribution in [2.75, 3.05) is 10.5 Å². The number of benzene rings is 2. The molecule has 0 saturated heterocycles. The normalized spacial score (nSPS) is 11.1. The maximum Gasteiger partial charge on any atom is 0.263 e. The van der Waals surface area contributed by atoms with E-state index in [1.54, 1.807) is 12.1 Å². The number of nitrogens with two attached hydrogens (primary N) is 2. The first-order valence-corrected chi connectivity index (χ1v) is 7.64. The number of halogens is 1. The van der Waals surface area contributed by atoms with Gasteiger partial charge in [-0.1, -0.05) is 23.7 Å². The highest BCUT2D eigenvalue weighted by atomic mass is 35.5. The second-order valence-corrected chi connectivity index (χ2v) is 6.26. The van der Waals surface area contributed by atoms with Crippen molar-refractivity contribution in [1.29, 1.82) is 0 Å². The van der Waals surface area contributed by atoms with Gasteiger partial charge in [-0.3, -0.25) is 9.52 Å². The Morgan fingerprint density at radius 3 is 2.48 bits per heavy atom. The van der Waals surface area contributed by atoms with Gasteiger partial charge in [-0.2, -0.15) is 0 Å². The summed E-state index contributed by atoms with van der Waals surface area (Å²) >= 11 is 5.88. The molecule has 110 valence electrons. The fraction of sp³-hybridized carbons (Fsp3) is 0. The summed E-state index contributed by atoms with van der Waals surface area (Å²) in [6.45, 7) is 0. The maximum absolute atomic E-state index is 12.3. The molecule has 0 aliphatic carbocycles. The highest BCUT2D eigenvalue weighted by Gasteiger charge is 2.20. The molecule has 5 N–H and O–H groups in total. The minimum absolute atomic E-state index is 0.0215. The number of para-hydroxylation sites is 1. The summed E-state index contributed by atoms with van der Waals surface area (Å²) in [5.74, 6) is -0.744. The number of rotatable bonds is 4. The third-order valence-electron chi connectivity index (χ3n) is 2.68. The second-order valence-electron chi connectivity index (χ2n) is 4.21. The fourth-order valence-electron chi connectivity index (χ4n) is 1.71. The van der Waals surface area contributed by atoms with Crippen molar-refractivity contribution in [1.82, 2.24) is 0 Å². The molecule has 0 bridgehead atoms. The van der Waals surface area contributed by atoms with E-state index in [1.165, 1.54) is 30.3 Å². The Hall–Kier alpha value is -2.25. The fourth-order valence-corrected chi connectivity index (χ4v) is 3.33. The van der Waals surface area contributed by atoms with E-state index in [-0.39, 0.29) is 26.9 Å². The molecule has 2 aromatic rings. The van der Waals surface area contributed by atoms with Gasteiger partial charge in [-0.25, -0.2) is 8.42 Å². The van der Waals surface area contributed by atoms with Crippen LogP contribution >= 0.6 is 11.6 Å². The SMILES string of the molecule is NC(=O)c1ccccc1NS(=O)(=O)c1cc(N)ccc1Cl. The van der Waals surface area contributed by atoms with Crippen LogP contribution < -0.4 is 16.2 Å². The van der Waals surface area contributed by atoms with Crippen LogP contribution in [0.1, 0.15) is 10.4 Å². The molecule has 0 aliphatic heterocycles. The van der Waals surface area contributed by atoms with E-state index in [0.29, 0.717) is 0 Å². The van der Waals surface area contributed by atoms with Gasteiger partial charge in [-0.15, -0.1) is 0 Å². The van der Waals surface area contributed by atoms with Crippen molar-refractivity contribution in [3.05, 3.63) is 53.1 Å². The van der Waals surface area contributed by atoms with Crippen LogP contribution in [0, 0.1) is 0 Å². The minimum atomic E-state index is -3.99. The predicted molar refractivity (Wildman–Crippen MR) is 81.6 cm³/mol. The maximum atomic E-state index is 12.3. The highest BCUT2D eigenvalue weighted by molar-refractivity contribution is 7.92. The van der Waals surface area contributed by atoms with E-state index in [4.69, 9.17) is 23.1 Å². The van der Waals surface area contributed by atoms with E-state index in [0.717, 1.165) is 0 Å². The van der Waals surface area contributed by atoms with Crippen LogP contribution in [0.3, 0.4) is 0 Å². The van der Waals surface area contributed by atoms with E-state index < -0.39 is 15.9 Å². The summed E-state index contributed by atoms with van der Waals surface area (Å²) < 4.78 is 27.0. The molecule has 0 atom stereocenters. The zero-order valence-electron chi connectivity index (χ0n) is 10.7. The Morgan fingerprint density at radius 1 is 1.14 bits per heavy atom. The van der Waals surface area contributed by atoms with Gasteiger partial charge in [0, 0.05) is 5.69 Å². The quantitative estimate of drug-likeness (QED) is 0.743. The van der Waals surface area contributed by atoms with Crippen molar-refractivity contribution < 1.29 is 13.2 Å². The molecule has 8 heteroatoms. The van der Waals surface area contributed by atoms with Crippen LogP contribution in [0.2, 0.25) is 5.02 Å². The van der Waals surface area contributed by atoms with Crippen molar-refractivity contribution in [3.8, 4) is 0 Å². The lowest BCUT2D eigenvalue weighted by molar-refractivity contribution is 0.100. The highest BCUT2D eigenvalue weighted by Crippen LogP contribution is 2.26. The zero-order valence-corrected chi connectivity index (χ0v) is 12.3. The summed E-state index contributed by atoms with van der Waals surface area (Å²) in [4.78, 5) is 11.1. The Balaban J connectivity index is 2.48. The van der Waals surface area contributed by atoms with Gasteiger partial charge in [0.25, 0.3) is 15.9 Å². The van der Waals surface area contributed by atoms with Crippen LogP contribution in [-0.4, -0.2) is 14.3 Å². The number of hydrogen-bond acceptors (Lipinski definition) is 4. The number of nitrogens with one attached hydrogen (secondary N) is 1. The lowest BCUT2D eigenvalue weighted by Crippen LogP contribution is -2.19. The number of primary amides is 1. The van der Waals surface area contributed by atoms with Gasteiger partial charge in [0.05, 0.1) is 16.3 Å². The lowest BCUT2D eigenvalue weighted by atomic mass is 10.2. The Labute approximate surface area is 126 Å². The standard InChI is InChI=1S/C13H12ClN3O3S/c14-10-6-5-8(15)7-12(10)21(19,20)17-11-4-2-1-3-9(11)13(16)18/h1-7,17H,15H2,(H2,16,18). The van der Waals surface area contributed by atoms with E-state index in [9.17, 15) is 13.2 Å². The number of anilines is 2. The van der Waals surface area contributed by atoms with Crippen LogP contribution in [0.4, 0.5) is 11.4 Å². The average molecular weight is 326 g/mol. The molecule has 0 spiro atoms. The summed E-state index contributed by atoms with van der Waals surface area (Å²) in [6.07, 6.45) is 0. The zero-order chi connectivity index (χ0) is 15.6. The first-order chi connectivity index (χ1) is 9.81. The van der Waals surface area contributed by atoms with Crippen molar-refractivity contribution in [2.45, 2.75) is 4.90 Å². The van der Waals surface area contributed by atoms with E-state index in [1.807, 2.05) is 0 Å². The molecule has 6 nitrogen and oxygen atoms in total. The summed E-state index contributed by atoms with van der Waals surface area (Å²) in [6, 6.07) is 10.1. The summed E-state index contributed by atoms with van der Waals surface area (Å²) in [5.41, 5.74) is 11.2. The van der Waals surface area contributed by atoms with Crippen molar-refractivity contribution in [3.63, 3.8) is 0 Å². The monoisotopic (exact) mass is 325 g/mol. The molecule has 2 rings (SSSR count). The molecule has 21 heavy (non-hydrogen) atoms. The third kappa shape index (κ3) is 3.26. The molecule has 2 aromatic carbocycles.